The monoisotopic (exact) mass is 330 g/mol. The van der Waals surface area contributed by atoms with Crippen LogP contribution in [0.1, 0.15) is 5.56 Å². The summed E-state index contributed by atoms with van der Waals surface area (Å²) in [6, 6.07) is 5.55. The van der Waals surface area contributed by atoms with Gasteiger partial charge in [0.05, 0.1) is 11.2 Å². The summed E-state index contributed by atoms with van der Waals surface area (Å²) in [7, 11) is 0. The second-order valence-electron chi connectivity index (χ2n) is 3.12. The summed E-state index contributed by atoms with van der Waals surface area (Å²) in [6.07, 6.45) is 1.68. The maximum atomic E-state index is 5.88. The van der Waals surface area contributed by atoms with Crippen molar-refractivity contribution < 1.29 is 0 Å². The molecule has 0 atom stereocenters. The summed E-state index contributed by atoms with van der Waals surface area (Å²) in [6.45, 7) is 0. The van der Waals surface area contributed by atoms with Gasteiger partial charge in [-0.2, -0.15) is 5.10 Å². The number of nitrogens with one attached hydrogen (secondary N) is 1. The standard InChI is InChI=1S/C10H8BrClN4S/c11-7-3-6(1-2-8(7)12)4-14-16-10-15-9(13)5-17-10/h1-5H,13H2,(H,15,16). The van der Waals surface area contributed by atoms with Crippen molar-refractivity contribution in [3.63, 3.8) is 0 Å². The van der Waals surface area contributed by atoms with Gasteiger partial charge in [-0.05, 0) is 33.6 Å². The van der Waals surface area contributed by atoms with Crippen LogP contribution in [0.3, 0.4) is 0 Å². The Morgan fingerprint density at radius 2 is 2.35 bits per heavy atom. The van der Waals surface area contributed by atoms with Crippen LogP contribution in [-0.2, 0) is 0 Å². The molecule has 88 valence electrons. The number of halogens is 2. The predicted octanol–water partition coefficient (Wildman–Crippen LogP) is 3.59. The van der Waals surface area contributed by atoms with Crippen molar-refractivity contribution in [2.75, 3.05) is 11.2 Å². The highest BCUT2D eigenvalue weighted by atomic mass is 79.9. The maximum Gasteiger partial charge on any atom is 0.205 e. The Hall–Kier alpha value is -1.11. The molecule has 17 heavy (non-hydrogen) atoms. The van der Waals surface area contributed by atoms with Crippen LogP contribution in [0.25, 0.3) is 0 Å². The number of rotatable bonds is 3. The van der Waals surface area contributed by atoms with Crippen LogP contribution >= 0.6 is 38.9 Å². The van der Waals surface area contributed by atoms with Gasteiger partial charge < -0.3 is 5.73 Å². The average molecular weight is 332 g/mol. The molecule has 0 aliphatic carbocycles. The molecule has 0 amide bonds. The van der Waals surface area contributed by atoms with Gasteiger partial charge in [-0.1, -0.05) is 17.7 Å². The summed E-state index contributed by atoms with van der Waals surface area (Å²) in [5, 5.41) is 7.12. The first-order valence-corrected chi connectivity index (χ1v) is 6.65. The Kier molecular flexibility index (Phi) is 3.98. The average Bonchev–Trinajstić information content (AvgIpc) is 2.70. The van der Waals surface area contributed by atoms with Gasteiger partial charge in [0.25, 0.3) is 0 Å². The van der Waals surface area contributed by atoms with Crippen molar-refractivity contribution >= 4 is 56.0 Å². The predicted molar refractivity (Wildman–Crippen MR) is 76.9 cm³/mol. The van der Waals surface area contributed by atoms with Gasteiger partial charge in [-0.25, -0.2) is 4.98 Å². The second-order valence-corrected chi connectivity index (χ2v) is 5.24. The van der Waals surface area contributed by atoms with Gasteiger partial charge in [-0.3, -0.25) is 5.43 Å². The van der Waals surface area contributed by atoms with E-state index in [1.165, 1.54) is 11.3 Å². The quantitative estimate of drug-likeness (QED) is 0.667. The Labute approximate surface area is 116 Å². The summed E-state index contributed by atoms with van der Waals surface area (Å²) in [5.74, 6) is 0.488. The lowest BCUT2D eigenvalue weighted by molar-refractivity contribution is 1.29. The molecule has 7 heteroatoms. The van der Waals surface area contributed by atoms with Gasteiger partial charge >= 0.3 is 0 Å². The van der Waals surface area contributed by atoms with Gasteiger partial charge in [0.2, 0.25) is 5.13 Å². The zero-order valence-corrected chi connectivity index (χ0v) is 11.7. The van der Waals surface area contributed by atoms with E-state index in [1.807, 2.05) is 12.1 Å². The van der Waals surface area contributed by atoms with Crippen LogP contribution in [0.4, 0.5) is 10.9 Å². The summed E-state index contributed by atoms with van der Waals surface area (Å²) in [4.78, 5) is 4.01. The smallest absolute Gasteiger partial charge is 0.205 e. The SMILES string of the molecule is Nc1csc(NN=Cc2ccc(Cl)c(Br)c2)n1. The number of hydrogen-bond donors (Lipinski definition) is 2. The lowest BCUT2D eigenvalue weighted by Gasteiger charge is -1.97. The minimum absolute atomic E-state index is 0.488. The normalized spacial score (nSPS) is 10.9. The highest BCUT2D eigenvalue weighted by Crippen LogP contribution is 2.22. The summed E-state index contributed by atoms with van der Waals surface area (Å²) in [5.41, 5.74) is 9.21. The van der Waals surface area contributed by atoms with E-state index >= 15 is 0 Å². The van der Waals surface area contributed by atoms with Crippen LogP contribution < -0.4 is 11.2 Å². The first-order valence-electron chi connectivity index (χ1n) is 4.60. The molecule has 0 aliphatic heterocycles. The number of hydrazone groups is 1. The molecule has 0 fully saturated rings. The number of aromatic nitrogens is 1. The second kappa shape index (κ2) is 5.48. The molecule has 3 N–H and O–H groups in total. The van der Waals surface area contributed by atoms with E-state index in [4.69, 9.17) is 17.3 Å². The van der Waals surface area contributed by atoms with Gasteiger partial charge in [0.15, 0.2) is 0 Å². The highest BCUT2D eigenvalue weighted by Gasteiger charge is 1.97. The molecule has 0 bridgehead atoms. The molecule has 0 saturated carbocycles. The van der Waals surface area contributed by atoms with Gasteiger partial charge in [-0.15, -0.1) is 11.3 Å². The van der Waals surface area contributed by atoms with Crippen LogP contribution in [0.2, 0.25) is 5.02 Å². The third-order valence-corrected chi connectivity index (χ3v) is 3.82. The van der Waals surface area contributed by atoms with Crippen LogP contribution in [0.15, 0.2) is 33.2 Å². The van der Waals surface area contributed by atoms with Crippen molar-refractivity contribution in [1.29, 1.82) is 0 Å². The molecule has 0 radical (unpaired) electrons. The Bertz CT molecular complexity index is 555. The fourth-order valence-electron chi connectivity index (χ4n) is 1.09. The maximum absolute atomic E-state index is 5.88. The molecule has 1 aromatic heterocycles. The van der Waals surface area contributed by atoms with E-state index in [9.17, 15) is 0 Å². The van der Waals surface area contributed by atoms with E-state index < -0.39 is 0 Å². The largest absolute Gasteiger partial charge is 0.383 e. The molecule has 1 heterocycles. The number of anilines is 2. The van der Waals surface area contributed by atoms with Crippen LogP contribution in [0, 0.1) is 0 Å². The summed E-state index contributed by atoms with van der Waals surface area (Å²) < 4.78 is 0.835. The molecule has 2 aromatic rings. The number of thiazole rings is 1. The third-order valence-electron chi connectivity index (χ3n) is 1.84. The Balaban J connectivity index is 2.03. The fraction of sp³-hybridized carbons (Fsp3) is 0. The van der Waals surface area contributed by atoms with Crippen LogP contribution in [0.5, 0.6) is 0 Å². The number of hydrogen-bond acceptors (Lipinski definition) is 5. The molecule has 1 aromatic carbocycles. The Morgan fingerprint density at radius 3 is 3.00 bits per heavy atom. The third kappa shape index (κ3) is 3.42. The van der Waals surface area contributed by atoms with Crippen molar-refractivity contribution in [2.45, 2.75) is 0 Å². The fourth-order valence-corrected chi connectivity index (χ4v) is 2.15. The molecule has 0 aliphatic rings. The molecular formula is C10H8BrClN4S. The summed E-state index contributed by atoms with van der Waals surface area (Å²) >= 11 is 10.6. The molecule has 0 spiro atoms. The lowest BCUT2D eigenvalue weighted by atomic mass is 10.2. The number of benzene rings is 1. The van der Waals surface area contributed by atoms with Crippen LogP contribution in [-0.4, -0.2) is 11.2 Å². The molecule has 2 rings (SSSR count). The van der Waals surface area contributed by atoms with E-state index in [0.29, 0.717) is 16.0 Å². The van der Waals surface area contributed by atoms with Gasteiger partial charge in [0, 0.05) is 9.85 Å². The topological polar surface area (TPSA) is 63.3 Å². The van der Waals surface area contributed by atoms with E-state index in [0.717, 1.165) is 10.0 Å². The number of nitrogens with zero attached hydrogens (tertiary/aromatic N) is 2. The van der Waals surface area contributed by atoms with Crippen molar-refractivity contribution in [2.24, 2.45) is 5.10 Å². The van der Waals surface area contributed by atoms with E-state index in [1.54, 1.807) is 17.7 Å². The highest BCUT2D eigenvalue weighted by molar-refractivity contribution is 9.10. The Morgan fingerprint density at radius 1 is 1.53 bits per heavy atom. The zero-order valence-electron chi connectivity index (χ0n) is 8.52. The minimum atomic E-state index is 0.488. The molecular weight excluding hydrogens is 324 g/mol. The zero-order chi connectivity index (χ0) is 12.3. The molecule has 4 nitrogen and oxygen atoms in total. The molecule has 0 unspecified atom stereocenters. The molecule has 0 saturated heterocycles. The lowest BCUT2D eigenvalue weighted by Crippen LogP contribution is -1.91. The van der Waals surface area contributed by atoms with Crippen molar-refractivity contribution in [1.82, 2.24) is 4.98 Å². The van der Waals surface area contributed by atoms with E-state index in [-0.39, 0.29) is 0 Å². The van der Waals surface area contributed by atoms with Crippen molar-refractivity contribution in [3.05, 3.63) is 38.6 Å². The first-order chi connectivity index (χ1) is 8.15. The number of nitrogens with two attached hydrogens (primary N) is 1. The minimum Gasteiger partial charge on any atom is -0.383 e. The first kappa shape index (κ1) is 12.3. The van der Waals surface area contributed by atoms with Crippen molar-refractivity contribution in [3.8, 4) is 0 Å². The van der Waals surface area contributed by atoms with Gasteiger partial charge in [0.1, 0.15) is 5.82 Å². The van der Waals surface area contributed by atoms with E-state index in [2.05, 4.69) is 31.4 Å². The number of nitrogen functional groups attached to an aromatic ring is 1.